The van der Waals surface area contributed by atoms with Gasteiger partial charge >= 0.3 is 0 Å². The van der Waals surface area contributed by atoms with Crippen LogP contribution in [0.5, 0.6) is 0 Å². The van der Waals surface area contributed by atoms with Crippen LogP contribution >= 0.6 is 0 Å². The first-order valence-corrected chi connectivity index (χ1v) is 10.2. The van der Waals surface area contributed by atoms with Crippen molar-refractivity contribution in [2.24, 2.45) is 0 Å². The molecule has 0 bridgehead atoms. The summed E-state index contributed by atoms with van der Waals surface area (Å²) in [6, 6.07) is 9.90. The number of carbonyl (C=O) groups excluding carboxylic acids is 2. The Labute approximate surface area is 174 Å². The number of carbonyl (C=O) groups is 2. The molecule has 0 N–H and O–H groups in total. The van der Waals surface area contributed by atoms with Gasteiger partial charge in [-0.1, -0.05) is 13.8 Å². The summed E-state index contributed by atoms with van der Waals surface area (Å²) in [4.78, 5) is 30.3. The average molecular weight is 406 g/mol. The quantitative estimate of drug-likeness (QED) is 0.631. The lowest BCUT2D eigenvalue weighted by atomic mass is 9.98. The summed E-state index contributed by atoms with van der Waals surface area (Å²) in [5, 5.41) is 4.77. The lowest BCUT2D eigenvalue weighted by Gasteiger charge is -2.19. The number of pyridine rings is 1. The minimum absolute atomic E-state index is 0.210. The number of fused-ring (bicyclic) bond motifs is 1. The summed E-state index contributed by atoms with van der Waals surface area (Å²) in [7, 11) is 0. The molecular weight excluding hydrogens is 383 g/mol. The number of nitrogens with zero attached hydrogens (tertiary/aromatic N) is 4. The Balaban J connectivity index is 1.85. The number of benzene rings is 1. The maximum Gasteiger partial charge on any atom is 0.234 e. The number of anilines is 1. The molecule has 30 heavy (non-hydrogen) atoms. The summed E-state index contributed by atoms with van der Waals surface area (Å²) < 4.78 is 15.4. The number of imide groups is 1. The highest BCUT2D eigenvalue weighted by molar-refractivity contribution is 6.14. The standard InChI is InChI=1S/C23H23FN4O2/c1-3-20(29)28(21(30)4-2)19-14-16(11-12-25-19)22-18-6-5-13-27(18)26-23(22)15-7-9-17(24)10-8-15/h7-12,14H,3-6,13H2,1-2H3. The summed E-state index contributed by atoms with van der Waals surface area (Å²) in [6.07, 6.45) is 3.92. The summed E-state index contributed by atoms with van der Waals surface area (Å²) in [6.45, 7) is 4.27. The van der Waals surface area contributed by atoms with Crippen LogP contribution in [-0.4, -0.2) is 26.6 Å². The Morgan fingerprint density at radius 2 is 1.77 bits per heavy atom. The molecule has 0 unspecified atom stereocenters. The number of halogens is 1. The Kier molecular flexibility index (Phi) is 5.44. The average Bonchev–Trinajstić information content (AvgIpc) is 3.35. The van der Waals surface area contributed by atoms with Gasteiger partial charge < -0.3 is 0 Å². The van der Waals surface area contributed by atoms with E-state index >= 15 is 0 Å². The molecule has 0 radical (unpaired) electrons. The number of hydrogen-bond donors (Lipinski definition) is 0. The zero-order valence-corrected chi connectivity index (χ0v) is 17.1. The molecule has 154 valence electrons. The van der Waals surface area contributed by atoms with Crippen LogP contribution in [0.25, 0.3) is 22.4 Å². The van der Waals surface area contributed by atoms with Crippen molar-refractivity contribution >= 4 is 17.6 Å². The third-order valence-corrected chi connectivity index (χ3v) is 5.33. The SMILES string of the molecule is CCC(=O)N(C(=O)CC)c1cc(-c2c(-c3ccc(F)cc3)nn3c2CCC3)ccn1. The van der Waals surface area contributed by atoms with Crippen molar-refractivity contribution in [3.05, 3.63) is 54.1 Å². The third-order valence-electron chi connectivity index (χ3n) is 5.33. The third kappa shape index (κ3) is 3.51. The second kappa shape index (κ2) is 8.18. The zero-order valence-electron chi connectivity index (χ0n) is 17.1. The van der Waals surface area contributed by atoms with E-state index in [1.807, 2.05) is 10.7 Å². The van der Waals surface area contributed by atoms with Gasteiger partial charge in [0.15, 0.2) is 0 Å². The molecule has 2 aromatic heterocycles. The van der Waals surface area contributed by atoms with Gasteiger partial charge in [0.2, 0.25) is 11.8 Å². The lowest BCUT2D eigenvalue weighted by Crippen LogP contribution is -2.36. The van der Waals surface area contributed by atoms with Crippen molar-refractivity contribution < 1.29 is 14.0 Å². The van der Waals surface area contributed by atoms with E-state index in [4.69, 9.17) is 5.10 Å². The first-order chi connectivity index (χ1) is 14.5. The van der Waals surface area contributed by atoms with Gasteiger partial charge in [0.25, 0.3) is 0 Å². The largest absolute Gasteiger partial charge is 0.274 e. The first kappa shape index (κ1) is 19.9. The number of aromatic nitrogens is 3. The van der Waals surface area contributed by atoms with Crippen molar-refractivity contribution in [3.8, 4) is 22.4 Å². The summed E-state index contributed by atoms with van der Waals surface area (Å²) in [5.41, 5.74) is 4.45. The van der Waals surface area contributed by atoms with E-state index in [0.29, 0.717) is 5.82 Å². The van der Waals surface area contributed by atoms with Crippen LogP contribution in [0, 0.1) is 5.82 Å². The van der Waals surface area contributed by atoms with Gasteiger partial charge in [0.05, 0.1) is 0 Å². The highest BCUT2D eigenvalue weighted by Gasteiger charge is 2.26. The van der Waals surface area contributed by atoms with Gasteiger partial charge in [-0.3, -0.25) is 14.3 Å². The molecule has 0 aliphatic carbocycles. The maximum absolute atomic E-state index is 13.4. The van der Waals surface area contributed by atoms with E-state index in [-0.39, 0.29) is 30.5 Å². The van der Waals surface area contributed by atoms with Crippen LogP contribution in [0.4, 0.5) is 10.2 Å². The van der Waals surface area contributed by atoms with Gasteiger partial charge in [-0.2, -0.15) is 5.10 Å². The van der Waals surface area contributed by atoms with Crippen molar-refractivity contribution in [3.63, 3.8) is 0 Å². The zero-order chi connectivity index (χ0) is 21.3. The van der Waals surface area contributed by atoms with E-state index in [1.165, 1.54) is 12.1 Å². The first-order valence-electron chi connectivity index (χ1n) is 10.2. The monoisotopic (exact) mass is 406 g/mol. The maximum atomic E-state index is 13.4. The molecule has 0 spiro atoms. The molecular formula is C23H23FN4O2. The number of rotatable bonds is 5. The summed E-state index contributed by atoms with van der Waals surface area (Å²) >= 11 is 0. The van der Waals surface area contributed by atoms with E-state index in [2.05, 4.69) is 4.98 Å². The second-order valence-electron chi connectivity index (χ2n) is 7.24. The fourth-order valence-electron chi connectivity index (χ4n) is 3.85. The fraction of sp³-hybridized carbons (Fsp3) is 0.304. The fourth-order valence-corrected chi connectivity index (χ4v) is 3.85. The Morgan fingerprint density at radius 1 is 1.07 bits per heavy atom. The van der Waals surface area contributed by atoms with Crippen molar-refractivity contribution in [2.75, 3.05) is 4.90 Å². The molecule has 1 aliphatic rings. The van der Waals surface area contributed by atoms with Gasteiger partial charge in [-0.25, -0.2) is 14.3 Å². The van der Waals surface area contributed by atoms with Crippen molar-refractivity contribution in [1.82, 2.24) is 14.8 Å². The van der Waals surface area contributed by atoms with Gasteiger partial charge in [0.1, 0.15) is 17.3 Å². The van der Waals surface area contributed by atoms with E-state index < -0.39 is 0 Å². The minimum atomic E-state index is -0.301. The van der Waals surface area contributed by atoms with Gasteiger partial charge in [-0.15, -0.1) is 0 Å². The van der Waals surface area contributed by atoms with Crippen LogP contribution in [0.2, 0.25) is 0 Å². The molecule has 7 heteroatoms. The number of aryl methyl sites for hydroxylation is 1. The molecule has 0 fully saturated rings. The van der Waals surface area contributed by atoms with E-state index in [0.717, 1.165) is 52.4 Å². The summed E-state index contributed by atoms with van der Waals surface area (Å²) in [5.74, 6) is -0.560. The highest BCUT2D eigenvalue weighted by atomic mass is 19.1. The normalized spacial score (nSPS) is 12.6. The molecule has 1 aliphatic heterocycles. The van der Waals surface area contributed by atoms with Crippen LogP contribution in [0.15, 0.2) is 42.6 Å². The predicted molar refractivity (Wildman–Crippen MR) is 112 cm³/mol. The van der Waals surface area contributed by atoms with Crippen LogP contribution < -0.4 is 4.90 Å². The molecule has 2 amide bonds. The number of hydrogen-bond acceptors (Lipinski definition) is 4. The molecule has 0 saturated heterocycles. The minimum Gasteiger partial charge on any atom is -0.274 e. The molecule has 0 atom stereocenters. The second-order valence-corrected chi connectivity index (χ2v) is 7.24. The molecule has 1 aromatic carbocycles. The smallest absolute Gasteiger partial charge is 0.234 e. The van der Waals surface area contributed by atoms with Gasteiger partial charge in [0, 0.05) is 42.4 Å². The van der Waals surface area contributed by atoms with Crippen molar-refractivity contribution in [1.29, 1.82) is 0 Å². The van der Waals surface area contributed by atoms with Gasteiger partial charge in [-0.05, 0) is 54.8 Å². The predicted octanol–water partition coefficient (Wildman–Crippen LogP) is 4.38. The molecule has 3 heterocycles. The number of amides is 2. The van der Waals surface area contributed by atoms with Crippen LogP contribution in [0.3, 0.4) is 0 Å². The molecule has 3 aromatic rings. The molecule has 6 nitrogen and oxygen atoms in total. The molecule has 0 saturated carbocycles. The topological polar surface area (TPSA) is 68.1 Å². The van der Waals surface area contributed by atoms with E-state index in [9.17, 15) is 14.0 Å². The Bertz CT molecular complexity index is 1090. The Hall–Kier alpha value is -3.35. The lowest BCUT2D eigenvalue weighted by molar-refractivity contribution is -0.126. The molecule has 4 rings (SSSR count). The highest BCUT2D eigenvalue weighted by Crippen LogP contribution is 2.38. The van der Waals surface area contributed by atoms with E-state index in [1.54, 1.807) is 38.2 Å². The van der Waals surface area contributed by atoms with Crippen molar-refractivity contribution in [2.45, 2.75) is 46.1 Å². The van der Waals surface area contributed by atoms with Crippen LogP contribution in [0.1, 0.15) is 38.8 Å². The van der Waals surface area contributed by atoms with Crippen LogP contribution in [-0.2, 0) is 22.6 Å². The Morgan fingerprint density at radius 3 is 2.43 bits per heavy atom.